The molecule has 84 valence electrons. The van der Waals surface area contributed by atoms with Crippen LogP contribution in [-0.4, -0.2) is 27.5 Å². The molecule has 0 saturated heterocycles. The van der Waals surface area contributed by atoms with Gasteiger partial charge in [0.2, 0.25) is 5.76 Å². The zero-order valence-corrected chi connectivity index (χ0v) is 9.50. The van der Waals surface area contributed by atoms with E-state index < -0.39 is 11.6 Å². The Labute approximate surface area is 92.3 Å². The molecule has 0 bridgehead atoms. The van der Waals surface area contributed by atoms with E-state index in [1.807, 2.05) is 0 Å². The number of thioether (sulfide) groups is 1. The normalized spacial score (nSPS) is 11.7. The van der Waals surface area contributed by atoms with Gasteiger partial charge in [-0.1, -0.05) is 11.8 Å². The van der Waals surface area contributed by atoms with Crippen molar-refractivity contribution in [2.24, 2.45) is 0 Å². The van der Waals surface area contributed by atoms with Crippen molar-refractivity contribution in [3.8, 4) is 0 Å². The van der Waals surface area contributed by atoms with Crippen LogP contribution in [0.25, 0.3) is 0 Å². The number of carboxylic acids is 1. The van der Waals surface area contributed by atoms with Gasteiger partial charge < -0.3 is 14.6 Å². The summed E-state index contributed by atoms with van der Waals surface area (Å²) >= 11 is 1.40. The fourth-order valence-electron chi connectivity index (χ4n) is 0.914. The van der Waals surface area contributed by atoms with Gasteiger partial charge >= 0.3 is 5.97 Å². The van der Waals surface area contributed by atoms with Crippen LogP contribution in [0.3, 0.4) is 0 Å². The van der Waals surface area contributed by atoms with Gasteiger partial charge in [0.1, 0.15) is 0 Å². The van der Waals surface area contributed by atoms with Crippen LogP contribution in [0.15, 0.2) is 21.6 Å². The summed E-state index contributed by atoms with van der Waals surface area (Å²) in [7, 11) is 0. The average Bonchev–Trinajstić information content (AvgIpc) is 2.50. The molecule has 0 amide bonds. The maximum absolute atomic E-state index is 10.5. The number of rotatable bonds is 5. The van der Waals surface area contributed by atoms with Gasteiger partial charge in [-0.25, -0.2) is 4.79 Å². The molecule has 4 nitrogen and oxygen atoms in total. The van der Waals surface area contributed by atoms with E-state index in [4.69, 9.17) is 9.52 Å². The van der Waals surface area contributed by atoms with Crippen LogP contribution >= 0.6 is 11.8 Å². The Kier molecular flexibility index (Phi) is 3.82. The summed E-state index contributed by atoms with van der Waals surface area (Å²) in [6, 6.07) is 3.05. The zero-order chi connectivity index (χ0) is 11.5. The van der Waals surface area contributed by atoms with E-state index in [0.29, 0.717) is 17.3 Å². The fraction of sp³-hybridized carbons (Fsp3) is 0.500. The van der Waals surface area contributed by atoms with Crippen molar-refractivity contribution in [2.45, 2.75) is 31.0 Å². The predicted molar refractivity (Wildman–Crippen MR) is 57.3 cm³/mol. The van der Waals surface area contributed by atoms with Crippen LogP contribution in [-0.2, 0) is 0 Å². The number of hydrogen-bond acceptors (Lipinski definition) is 4. The molecule has 0 unspecified atom stereocenters. The molecule has 0 atom stereocenters. The SMILES string of the molecule is CC(C)(O)CCSc1ccc(C(=O)O)o1. The van der Waals surface area contributed by atoms with Crippen LogP contribution in [0.4, 0.5) is 0 Å². The highest BCUT2D eigenvalue weighted by molar-refractivity contribution is 7.99. The number of carboxylic acid groups (broad SMARTS) is 1. The van der Waals surface area contributed by atoms with Crippen molar-refractivity contribution in [3.05, 3.63) is 17.9 Å². The quantitative estimate of drug-likeness (QED) is 0.759. The summed E-state index contributed by atoms with van der Waals surface area (Å²) < 4.78 is 5.04. The van der Waals surface area contributed by atoms with E-state index in [-0.39, 0.29) is 5.76 Å². The van der Waals surface area contributed by atoms with Crippen LogP contribution in [0, 0.1) is 0 Å². The van der Waals surface area contributed by atoms with Crippen LogP contribution in [0.5, 0.6) is 0 Å². The molecule has 0 radical (unpaired) electrons. The molecule has 1 aromatic heterocycles. The lowest BCUT2D eigenvalue weighted by atomic mass is 10.1. The zero-order valence-electron chi connectivity index (χ0n) is 8.69. The first-order valence-corrected chi connectivity index (χ1v) is 5.55. The van der Waals surface area contributed by atoms with E-state index in [1.165, 1.54) is 17.8 Å². The Morgan fingerprint density at radius 2 is 2.20 bits per heavy atom. The Bertz CT molecular complexity index is 337. The summed E-state index contributed by atoms with van der Waals surface area (Å²) in [4.78, 5) is 10.5. The predicted octanol–water partition coefficient (Wildman–Crippen LogP) is 2.23. The van der Waals surface area contributed by atoms with E-state index in [9.17, 15) is 9.90 Å². The van der Waals surface area contributed by atoms with Gasteiger partial charge in [0.15, 0.2) is 5.09 Å². The van der Waals surface area contributed by atoms with Crippen molar-refractivity contribution in [2.75, 3.05) is 5.75 Å². The minimum Gasteiger partial charge on any atom is -0.475 e. The Morgan fingerprint density at radius 3 is 2.67 bits per heavy atom. The lowest BCUT2D eigenvalue weighted by molar-refractivity contribution is 0.0655. The summed E-state index contributed by atoms with van der Waals surface area (Å²) in [6.45, 7) is 3.47. The first-order valence-electron chi connectivity index (χ1n) is 4.57. The van der Waals surface area contributed by atoms with Gasteiger partial charge in [-0.3, -0.25) is 0 Å². The number of furan rings is 1. The van der Waals surface area contributed by atoms with E-state index >= 15 is 0 Å². The van der Waals surface area contributed by atoms with Crippen LogP contribution in [0.2, 0.25) is 0 Å². The van der Waals surface area contributed by atoms with Gasteiger partial charge in [0.05, 0.1) is 5.60 Å². The van der Waals surface area contributed by atoms with E-state index in [1.54, 1.807) is 19.9 Å². The average molecular weight is 230 g/mol. The highest BCUT2D eigenvalue weighted by Gasteiger charge is 2.13. The molecule has 1 rings (SSSR count). The minimum atomic E-state index is -1.07. The number of aliphatic hydroxyl groups is 1. The topological polar surface area (TPSA) is 70.7 Å². The maximum Gasteiger partial charge on any atom is 0.371 e. The number of carbonyl (C=O) groups is 1. The van der Waals surface area contributed by atoms with Gasteiger partial charge in [-0.15, -0.1) is 0 Å². The third-order valence-electron chi connectivity index (χ3n) is 1.75. The molecule has 1 aromatic rings. The molecular formula is C10H14O4S. The standard InChI is InChI=1S/C10H14O4S/c1-10(2,13)5-6-15-8-4-3-7(14-8)9(11)12/h3-4,13H,5-6H2,1-2H3,(H,11,12). The summed E-state index contributed by atoms with van der Waals surface area (Å²) in [5.41, 5.74) is -0.699. The monoisotopic (exact) mass is 230 g/mol. The molecule has 0 aliphatic carbocycles. The van der Waals surface area contributed by atoms with Crippen molar-refractivity contribution >= 4 is 17.7 Å². The molecule has 0 aliphatic heterocycles. The maximum atomic E-state index is 10.5. The second kappa shape index (κ2) is 4.72. The molecule has 15 heavy (non-hydrogen) atoms. The van der Waals surface area contributed by atoms with Crippen molar-refractivity contribution in [1.82, 2.24) is 0 Å². The molecule has 0 aromatic carbocycles. The lowest BCUT2D eigenvalue weighted by Crippen LogP contribution is -2.18. The molecule has 0 saturated carbocycles. The highest BCUT2D eigenvalue weighted by Crippen LogP contribution is 2.23. The summed E-state index contributed by atoms with van der Waals surface area (Å²) in [5.74, 6) is -0.430. The van der Waals surface area contributed by atoms with Crippen molar-refractivity contribution in [1.29, 1.82) is 0 Å². The van der Waals surface area contributed by atoms with Crippen molar-refractivity contribution < 1.29 is 19.4 Å². The Balaban J connectivity index is 2.41. The molecule has 0 fully saturated rings. The highest BCUT2D eigenvalue weighted by atomic mass is 32.2. The van der Waals surface area contributed by atoms with Crippen molar-refractivity contribution in [3.63, 3.8) is 0 Å². The molecule has 0 aliphatic rings. The molecule has 1 heterocycles. The third-order valence-corrected chi connectivity index (χ3v) is 2.66. The second-order valence-corrected chi connectivity index (χ2v) is 4.93. The summed E-state index contributed by atoms with van der Waals surface area (Å²) in [5, 5.41) is 18.6. The first-order chi connectivity index (χ1) is 6.88. The molecule has 5 heteroatoms. The lowest BCUT2D eigenvalue weighted by Gasteiger charge is -2.15. The summed E-state index contributed by atoms with van der Waals surface area (Å²) in [6.07, 6.45) is 0.626. The Morgan fingerprint density at radius 1 is 1.53 bits per heavy atom. The molecular weight excluding hydrogens is 216 g/mol. The van der Waals surface area contributed by atoms with E-state index in [2.05, 4.69) is 0 Å². The third kappa shape index (κ3) is 4.40. The molecule has 0 spiro atoms. The first kappa shape index (κ1) is 12.1. The minimum absolute atomic E-state index is 0.0549. The number of hydrogen-bond donors (Lipinski definition) is 2. The van der Waals surface area contributed by atoms with E-state index in [0.717, 1.165) is 0 Å². The van der Waals surface area contributed by atoms with Gasteiger partial charge in [-0.2, -0.15) is 0 Å². The van der Waals surface area contributed by atoms with Gasteiger partial charge in [0, 0.05) is 5.75 Å². The van der Waals surface area contributed by atoms with Gasteiger partial charge in [-0.05, 0) is 32.4 Å². The van der Waals surface area contributed by atoms with Gasteiger partial charge in [0.25, 0.3) is 0 Å². The largest absolute Gasteiger partial charge is 0.475 e. The second-order valence-electron chi connectivity index (χ2n) is 3.83. The Hall–Kier alpha value is -0.940. The number of aromatic carboxylic acids is 1. The molecule has 2 N–H and O–H groups in total. The van der Waals surface area contributed by atoms with Crippen LogP contribution < -0.4 is 0 Å². The fourth-order valence-corrected chi connectivity index (χ4v) is 2.03. The van der Waals surface area contributed by atoms with Crippen LogP contribution in [0.1, 0.15) is 30.8 Å². The smallest absolute Gasteiger partial charge is 0.371 e.